The number of carbonyl (C=O) groups is 2. The molecule has 0 spiro atoms. The molecule has 0 bridgehead atoms. The molecule has 0 radical (unpaired) electrons. The summed E-state index contributed by atoms with van der Waals surface area (Å²) in [6.45, 7) is 41.2. The Morgan fingerprint density at radius 2 is 1.37 bits per heavy atom. The van der Waals surface area contributed by atoms with Gasteiger partial charge in [0.15, 0.2) is 0 Å². The van der Waals surface area contributed by atoms with Crippen LogP contribution in [0.15, 0.2) is 54.1 Å². The maximum Gasteiger partial charge on any atom is 0.230 e. The first-order chi connectivity index (χ1) is 20.0. The van der Waals surface area contributed by atoms with E-state index in [9.17, 15) is 4.79 Å². The van der Waals surface area contributed by atoms with Crippen LogP contribution in [0.5, 0.6) is 0 Å². The van der Waals surface area contributed by atoms with Crippen molar-refractivity contribution < 1.29 is 9.59 Å². The van der Waals surface area contributed by atoms with Crippen molar-refractivity contribution in [2.75, 3.05) is 13.6 Å². The molecule has 2 rings (SSSR count). The van der Waals surface area contributed by atoms with Gasteiger partial charge in [0.1, 0.15) is 6.79 Å². The smallest absolute Gasteiger partial charge is 0.230 e. The minimum atomic E-state index is -0.115. The number of likely N-dealkylation sites (tertiary alicyclic amines) is 1. The van der Waals surface area contributed by atoms with Gasteiger partial charge in [0.25, 0.3) is 0 Å². The number of hydrogen-bond acceptors (Lipinski definition) is 3. The number of carbonyl (C=O) groups excluding carboxylic acids is 2. The maximum atomic E-state index is 13.3. The van der Waals surface area contributed by atoms with Crippen molar-refractivity contribution in [3.63, 3.8) is 0 Å². The summed E-state index contributed by atoms with van der Waals surface area (Å²) in [6.07, 6.45) is 6.43. The van der Waals surface area contributed by atoms with Crippen LogP contribution in [0.3, 0.4) is 0 Å². The lowest BCUT2D eigenvalue weighted by Gasteiger charge is -2.38. The lowest BCUT2D eigenvalue weighted by Crippen LogP contribution is -2.49. The first-order valence-corrected chi connectivity index (χ1v) is 16.3. The summed E-state index contributed by atoms with van der Waals surface area (Å²) in [4.78, 5) is 27.9. The van der Waals surface area contributed by atoms with Gasteiger partial charge in [0.2, 0.25) is 5.91 Å². The molecule has 1 unspecified atom stereocenters. The van der Waals surface area contributed by atoms with Crippen LogP contribution in [0.1, 0.15) is 147 Å². The van der Waals surface area contributed by atoms with Gasteiger partial charge in [0, 0.05) is 13.6 Å². The quantitative estimate of drug-likeness (QED) is 0.258. The van der Waals surface area contributed by atoms with Gasteiger partial charge >= 0.3 is 0 Å². The van der Waals surface area contributed by atoms with Gasteiger partial charge in [-0.25, -0.2) is 0 Å². The van der Waals surface area contributed by atoms with E-state index in [-0.39, 0.29) is 17.9 Å². The fraction of sp³-hybridized carbons (Fsp3) is 0.649. The van der Waals surface area contributed by atoms with Crippen molar-refractivity contribution in [3.05, 3.63) is 60.2 Å². The number of amides is 1. The molecule has 4 nitrogen and oxygen atoms in total. The molecule has 1 amide bonds. The minimum absolute atomic E-state index is 0.110. The lowest BCUT2D eigenvalue weighted by atomic mass is 9.91. The highest BCUT2D eigenvalue weighted by Crippen LogP contribution is 2.27. The number of nitrogens with zero attached hydrogens (tertiary/aromatic N) is 2. The third-order valence-electron chi connectivity index (χ3n) is 5.36. The van der Waals surface area contributed by atoms with E-state index in [0.29, 0.717) is 0 Å². The second-order valence-corrected chi connectivity index (χ2v) is 7.11. The monoisotopic (exact) mass is 579 g/mol. The van der Waals surface area contributed by atoms with Crippen molar-refractivity contribution >= 4 is 18.4 Å². The number of allylic oxidation sites excluding steroid dienone is 1. The zero-order valence-electron chi connectivity index (χ0n) is 30.9. The molecule has 1 heterocycles. The molecule has 41 heavy (non-hydrogen) atoms. The Balaban J connectivity index is -0.000000124. The zero-order valence-corrected chi connectivity index (χ0v) is 30.9. The molecule has 0 N–H and O–H groups in total. The molecule has 1 aliphatic heterocycles. The van der Waals surface area contributed by atoms with Crippen LogP contribution in [-0.4, -0.2) is 42.9 Å². The van der Waals surface area contributed by atoms with Crippen LogP contribution in [0.4, 0.5) is 0 Å². The second kappa shape index (κ2) is 47.3. The van der Waals surface area contributed by atoms with Crippen LogP contribution in [-0.2, 0) is 9.59 Å². The SMILES string of the molecule is C=C.C=O.CC.CC.CC.CC.CC.CC.CC/C(C)=C/C(=NC)[C@@H]1CCCCN1C(=O)C(C)c1ccccc1C. The molecule has 1 fully saturated rings. The van der Waals surface area contributed by atoms with Gasteiger partial charge in [0.05, 0.1) is 17.7 Å². The fourth-order valence-electron chi connectivity index (χ4n) is 3.62. The van der Waals surface area contributed by atoms with E-state index >= 15 is 0 Å². The summed E-state index contributed by atoms with van der Waals surface area (Å²) in [5.74, 6) is 0.110. The predicted octanol–water partition coefficient (Wildman–Crippen LogP) is 11.7. The Labute approximate surface area is 259 Å². The molecule has 0 aliphatic carbocycles. The second-order valence-electron chi connectivity index (χ2n) is 7.11. The number of piperidine rings is 1. The molecule has 2 atom stereocenters. The Morgan fingerprint density at radius 3 is 1.76 bits per heavy atom. The Hall–Kier alpha value is -2.49. The number of aryl methyl sites for hydroxylation is 1. The third kappa shape index (κ3) is 25.0. The van der Waals surface area contributed by atoms with Crippen molar-refractivity contribution in [2.45, 2.75) is 148 Å². The molecule has 1 aromatic rings. The topological polar surface area (TPSA) is 49.7 Å². The van der Waals surface area contributed by atoms with E-state index in [1.165, 1.54) is 11.1 Å². The van der Waals surface area contributed by atoms with Crippen molar-refractivity contribution in [1.82, 2.24) is 4.90 Å². The Kier molecular flexibility index (Phi) is 63.0. The highest BCUT2D eigenvalue weighted by molar-refractivity contribution is 6.02. The number of aliphatic imine (C=N–C) groups is 1. The lowest BCUT2D eigenvalue weighted by molar-refractivity contribution is -0.134. The van der Waals surface area contributed by atoms with E-state index in [4.69, 9.17) is 4.79 Å². The molecule has 0 saturated carbocycles. The standard InChI is InChI=1S/C22H32N2O.6C2H6.C2H4.CH2O/c1-6-16(2)15-20(23-5)21-13-9-10-14-24(21)22(25)18(4)19-12-8-7-11-17(19)3;8*1-2/h7-8,11-12,15,18,21H,6,9-10,13-14H2,1-5H3;6*1-2H3;1-2H2;1H2/b16-15+,23-20?;;;;;;;;/t18?,21-;;;;;;;;/m0......../s1. The number of benzene rings is 1. The normalized spacial score (nSPS) is 13.6. The number of hydrogen-bond donors (Lipinski definition) is 0. The van der Waals surface area contributed by atoms with E-state index in [0.717, 1.165) is 43.5 Å². The molecular formula is C37H74N2O2. The third-order valence-corrected chi connectivity index (χ3v) is 5.36. The highest BCUT2D eigenvalue weighted by Gasteiger charge is 2.32. The molecular weight excluding hydrogens is 504 g/mol. The average molecular weight is 579 g/mol. The van der Waals surface area contributed by atoms with Gasteiger partial charge in [-0.05, 0) is 63.7 Å². The first kappa shape index (κ1) is 54.6. The summed E-state index contributed by atoms with van der Waals surface area (Å²) >= 11 is 0. The minimum Gasteiger partial charge on any atom is -0.334 e. The van der Waals surface area contributed by atoms with Crippen molar-refractivity contribution in [1.29, 1.82) is 0 Å². The van der Waals surface area contributed by atoms with E-state index in [2.05, 4.69) is 62.0 Å². The molecule has 1 aromatic carbocycles. The maximum absolute atomic E-state index is 13.3. The van der Waals surface area contributed by atoms with Gasteiger partial charge in [-0.15, -0.1) is 13.2 Å². The highest BCUT2D eigenvalue weighted by atomic mass is 16.2. The Bertz CT molecular complexity index is 694. The summed E-state index contributed by atoms with van der Waals surface area (Å²) < 4.78 is 0. The van der Waals surface area contributed by atoms with Crippen molar-refractivity contribution in [3.8, 4) is 0 Å². The van der Waals surface area contributed by atoms with Crippen LogP contribution in [0.2, 0.25) is 0 Å². The van der Waals surface area contributed by atoms with Crippen molar-refractivity contribution in [2.24, 2.45) is 4.99 Å². The number of rotatable bonds is 5. The van der Waals surface area contributed by atoms with Crippen LogP contribution in [0.25, 0.3) is 0 Å². The van der Waals surface area contributed by atoms with Crippen LogP contribution in [0, 0.1) is 6.92 Å². The molecule has 0 aromatic heterocycles. The molecule has 1 saturated heterocycles. The summed E-state index contributed by atoms with van der Waals surface area (Å²) in [5.41, 5.74) is 4.67. The summed E-state index contributed by atoms with van der Waals surface area (Å²) in [7, 11) is 1.84. The molecule has 4 heteroatoms. The summed E-state index contributed by atoms with van der Waals surface area (Å²) in [5, 5.41) is 0. The van der Waals surface area contributed by atoms with Gasteiger partial charge in [-0.2, -0.15) is 0 Å². The van der Waals surface area contributed by atoms with E-state index in [1.807, 2.05) is 116 Å². The van der Waals surface area contributed by atoms with Gasteiger partial charge in [-0.1, -0.05) is 120 Å². The van der Waals surface area contributed by atoms with Gasteiger partial charge in [-0.3, -0.25) is 9.79 Å². The molecule has 1 aliphatic rings. The molecule has 244 valence electrons. The van der Waals surface area contributed by atoms with Crippen LogP contribution < -0.4 is 0 Å². The summed E-state index contributed by atoms with van der Waals surface area (Å²) in [6, 6.07) is 8.32. The van der Waals surface area contributed by atoms with Gasteiger partial charge < -0.3 is 9.69 Å². The average Bonchev–Trinajstić information content (AvgIpc) is 3.10. The predicted molar refractivity (Wildman–Crippen MR) is 193 cm³/mol. The largest absolute Gasteiger partial charge is 0.334 e. The zero-order chi connectivity index (χ0) is 34.4. The van der Waals surface area contributed by atoms with E-state index in [1.54, 1.807) is 0 Å². The van der Waals surface area contributed by atoms with E-state index < -0.39 is 0 Å². The first-order valence-electron chi connectivity index (χ1n) is 16.3. The Morgan fingerprint density at radius 1 is 0.927 bits per heavy atom. The fourth-order valence-corrected chi connectivity index (χ4v) is 3.62. The van der Waals surface area contributed by atoms with Crippen LogP contribution >= 0.6 is 0 Å².